The van der Waals surface area contributed by atoms with E-state index in [-0.39, 0.29) is 0 Å². The summed E-state index contributed by atoms with van der Waals surface area (Å²) in [6.45, 7) is 13.6. The van der Waals surface area contributed by atoms with Crippen molar-refractivity contribution in [1.29, 1.82) is 0 Å². The highest BCUT2D eigenvalue weighted by atomic mass is 16.5. The second kappa shape index (κ2) is 7.77. The Hall–Kier alpha value is -0.120. The van der Waals surface area contributed by atoms with Crippen LogP contribution in [-0.4, -0.2) is 49.3 Å². The fourth-order valence-electron chi connectivity index (χ4n) is 3.90. The third kappa shape index (κ3) is 4.19. The van der Waals surface area contributed by atoms with Crippen LogP contribution in [0.25, 0.3) is 0 Å². The summed E-state index contributed by atoms with van der Waals surface area (Å²) in [6.07, 6.45) is 5.74. The lowest BCUT2D eigenvalue weighted by Gasteiger charge is -2.46. The van der Waals surface area contributed by atoms with Gasteiger partial charge in [0.15, 0.2) is 0 Å². The molecule has 4 unspecified atom stereocenters. The molecular weight excluding hydrogens is 248 g/mol. The van der Waals surface area contributed by atoms with E-state index in [1.807, 2.05) is 0 Å². The van der Waals surface area contributed by atoms with Crippen molar-refractivity contribution in [3.8, 4) is 0 Å². The van der Waals surface area contributed by atoms with E-state index in [0.29, 0.717) is 18.2 Å². The van der Waals surface area contributed by atoms with Crippen molar-refractivity contribution in [1.82, 2.24) is 10.2 Å². The van der Waals surface area contributed by atoms with Crippen molar-refractivity contribution in [2.24, 2.45) is 11.8 Å². The molecule has 1 heterocycles. The van der Waals surface area contributed by atoms with Gasteiger partial charge in [-0.2, -0.15) is 0 Å². The largest absolute Gasteiger partial charge is 0.376 e. The predicted molar refractivity (Wildman–Crippen MR) is 85.0 cm³/mol. The summed E-state index contributed by atoms with van der Waals surface area (Å²) >= 11 is 0. The number of ether oxygens (including phenoxy) is 1. The molecule has 1 saturated carbocycles. The zero-order chi connectivity index (χ0) is 14.5. The van der Waals surface area contributed by atoms with Gasteiger partial charge in [-0.3, -0.25) is 4.90 Å². The Balaban J connectivity index is 2.00. The molecule has 1 N–H and O–H groups in total. The van der Waals surface area contributed by atoms with Crippen LogP contribution in [0.1, 0.15) is 53.4 Å². The summed E-state index contributed by atoms with van der Waals surface area (Å²) in [6, 6.07) is 1.41. The molecule has 118 valence electrons. The number of hydrogen-bond donors (Lipinski definition) is 1. The van der Waals surface area contributed by atoms with E-state index in [1.165, 1.54) is 25.7 Å². The zero-order valence-electron chi connectivity index (χ0n) is 13.9. The lowest BCUT2D eigenvalue weighted by molar-refractivity contribution is -0.0509. The topological polar surface area (TPSA) is 24.5 Å². The van der Waals surface area contributed by atoms with Crippen molar-refractivity contribution < 1.29 is 4.74 Å². The van der Waals surface area contributed by atoms with Crippen LogP contribution in [0.5, 0.6) is 0 Å². The van der Waals surface area contributed by atoms with Crippen LogP contribution in [0, 0.1) is 11.8 Å². The van der Waals surface area contributed by atoms with Crippen LogP contribution in [-0.2, 0) is 4.74 Å². The van der Waals surface area contributed by atoms with Crippen molar-refractivity contribution in [2.75, 3.05) is 26.2 Å². The van der Waals surface area contributed by atoms with Crippen LogP contribution in [0.3, 0.4) is 0 Å². The lowest BCUT2D eigenvalue weighted by Crippen LogP contribution is -2.57. The fourth-order valence-corrected chi connectivity index (χ4v) is 3.90. The molecule has 3 nitrogen and oxygen atoms in total. The SMILES string of the molecule is CCCNC1CCC(C(C)C)CC1N1CCOC(C)C1. The molecule has 1 aliphatic heterocycles. The molecule has 20 heavy (non-hydrogen) atoms. The van der Waals surface area contributed by atoms with Gasteiger partial charge >= 0.3 is 0 Å². The minimum absolute atomic E-state index is 0.398. The Bertz CT molecular complexity index is 282. The number of nitrogens with zero attached hydrogens (tertiary/aromatic N) is 1. The van der Waals surface area contributed by atoms with E-state index in [4.69, 9.17) is 4.74 Å². The Morgan fingerprint density at radius 2 is 2.10 bits per heavy atom. The Kier molecular flexibility index (Phi) is 6.31. The molecule has 1 saturated heterocycles. The van der Waals surface area contributed by atoms with Crippen molar-refractivity contribution >= 4 is 0 Å². The average molecular weight is 282 g/mol. The molecule has 0 radical (unpaired) electrons. The molecule has 2 fully saturated rings. The maximum atomic E-state index is 5.73. The highest BCUT2D eigenvalue weighted by Crippen LogP contribution is 2.33. The second-order valence-corrected chi connectivity index (χ2v) is 7.12. The van der Waals surface area contributed by atoms with Gasteiger partial charge in [-0.25, -0.2) is 0 Å². The first-order valence-electron chi connectivity index (χ1n) is 8.70. The monoisotopic (exact) mass is 282 g/mol. The predicted octanol–water partition coefficient (Wildman–Crippen LogP) is 2.90. The molecule has 0 amide bonds. The summed E-state index contributed by atoms with van der Waals surface area (Å²) in [4.78, 5) is 2.70. The Labute approximate surface area is 125 Å². The molecule has 1 aliphatic carbocycles. The third-order valence-corrected chi connectivity index (χ3v) is 5.20. The average Bonchev–Trinajstić information content (AvgIpc) is 2.44. The second-order valence-electron chi connectivity index (χ2n) is 7.12. The van der Waals surface area contributed by atoms with E-state index in [1.54, 1.807) is 0 Å². The van der Waals surface area contributed by atoms with Gasteiger partial charge in [0.1, 0.15) is 0 Å². The molecule has 0 aromatic carbocycles. The first-order chi connectivity index (χ1) is 9.61. The molecule has 3 heteroatoms. The fraction of sp³-hybridized carbons (Fsp3) is 1.00. The molecule has 0 aromatic heterocycles. The summed E-state index contributed by atoms with van der Waals surface area (Å²) in [5, 5.41) is 3.81. The molecular formula is C17H34N2O. The highest BCUT2D eigenvalue weighted by Gasteiger charge is 2.36. The van der Waals surface area contributed by atoms with E-state index < -0.39 is 0 Å². The van der Waals surface area contributed by atoms with Crippen LogP contribution < -0.4 is 5.32 Å². The van der Waals surface area contributed by atoms with Crippen molar-refractivity contribution in [3.63, 3.8) is 0 Å². The minimum Gasteiger partial charge on any atom is -0.376 e. The standard InChI is InChI=1S/C17H34N2O/c1-5-8-18-16-7-6-15(13(2)3)11-17(16)19-9-10-20-14(4)12-19/h13-18H,5-12H2,1-4H3. The molecule has 2 aliphatic rings. The summed E-state index contributed by atoms with van der Waals surface area (Å²) in [7, 11) is 0. The Morgan fingerprint density at radius 1 is 1.30 bits per heavy atom. The number of morpholine rings is 1. The van der Waals surface area contributed by atoms with Gasteiger partial charge in [0.25, 0.3) is 0 Å². The van der Waals surface area contributed by atoms with E-state index in [0.717, 1.165) is 38.1 Å². The van der Waals surface area contributed by atoms with Gasteiger partial charge in [-0.05, 0) is 51.0 Å². The summed E-state index contributed by atoms with van der Waals surface area (Å²) < 4.78 is 5.73. The summed E-state index contributed by atoms with van der Waals surface area (Å²) in [5.74, 6) is 1.72. The smallest absolute Gasteiger partial charge is 0.0674 e. The molecule has 2 rings (SSSR count). The first kappa shape index (κ1) is 16.3. The third-order valence-electron chi connectivity index (χ3n) is 5.20. The molecule has 0 spiro atoms. The van der Waals surface area contributed by atoms with E-state index in [2.05, 4.69) is 37.9 Å². The van der Waals surface area contributed by atoms with Gasteiger partial charge in [0.2, 0.25) is 0 Å². The first-order valence-corrected chi connectivity index (χ1v) is 8.70. The lowest BCUT2D eigenvalue weighted by atomic mass is 9.76. The Morgan fingerprint density at radius 3 is 2.75 bits per heavy atom. The van der Waals surface area contributed by atoms with E-state index >= 15 is 0 Å². The molecule has 4 atom stereocenters. The molecule has 0 aromatic rings. The maximum absolute atomic E-state index is 5.73. The maximum Gasteiger partial charge on any atom is 0.0674 e. The van der Waals surface area contributed by atoms with Crippen LogP contribution in [0.2, 0.25) is 0 Å². The zero-order valence-corrected chi connectivity index (χ0v) is 13.9. The normalized spacial score (nSPS) is 36.5. The minimum atomic E-state index is 0.398. The number of nitrogens with one attached hydrogen (secondary N) is 1. The summed E-state index contributed by atoms with van der Waals surface area (Å²) in [5.41, 5.74) is 0. The number of rotatable bonds is 5. The van der Waals surface area contributed by atoms with Crippen LogP contribution >= 0.6 is 0 Å². The van der Waals surface area contributed by atoms with Crippen molar-refractivity contribution in [3.05, 3.63) is 0 Å². The van der Waals surface area contributed by atoms with Crippen LogP contribution in [0.15, 0.2) is 0 Å². The van der Waals surface area contributed by atoms with Gasteiger partial charge in [-0.1, -0.05) is 20.8 Å². The number of hydrogen-bond acceptors (Lipinski definition) is 3. The van der Waals surface area contributed by atoms with Gasteiger partial charge in [0, 0.05) is 25.2 Å². The van der Waals surface area contributed by atoms with Gasteiger partial charge in [0.05, 0.1) is 12.7 Å². The highest BCUT2D eigenvalue weighted by molar-refractivity contribution is 4.93. The quantitative estimate of drug-likeness (QED) is 0.839. The van der Waals surface area contributed by atoms with Crippen LogP contribution in [0.4, 0.5) is 0 Å². The van der Waals surface area contributed by atoms with E-state index in [9.17, 15) is 0 Å². The van der Waals surface area contributed by atoms with Gasteiger partial charge in [-0.15, -0.1) is 0 Å². The molecule has 0 bridgehead atoms. The van der Waals surface area contributed by atoms with Crippen molar-refractivity contribution in [2.45, 2.75) is 71.6 Å². The van der Waals surface area contributed by atoms with Gasteiger partial charge < -0.3 is 10.1 Å².